The van der Waals surface area contributed by atoms with Gasteiger partial charge in [-0.15, -0.1) is 0 Å². The Balaban J connectivity index is 2.13. The molecule has 110 valence electrons. The Morgan fingerprint density at radius 1 is 1.00 bits per heavy atom. The van der Waals surface area contributed by atoms with Gasteiger partial charge in [-0.1, -0.05) is 36.4 Å². The van der Waals surface area contributed by atoms with Gasteiger partial charge >= 0.3 is 5.97 Å². The summed E-state index contributed by atoms with van der Waals surface area (Å²) in [5.41, 5.74) is 0.846. The maximum absolute atomic E-state index is 12.0. The molecule has 0 spiro atoms. The molecule has 0 saturated carbocycles. The molecule has 1 amide bonds. The first-order valence-electron chi connectivity index (χ1n) is 6.76. The highest BCUT2D eigenvalue weighted by Crippen LogP contribution is 2.23. The van der Waals surface area contributed by atoms with E-state index >= 15 is 0 Å². The number of carboxylic acid groups (broad SMARTS) is 1. The van der Waals surface area contributed by atoms with Gasteiger partial charge < -0.3 is 15.7 Å². The Morgan fingerprint density at radius 3 is 2.38 bits per heavy atom. The summed E-state index contributed by atoms with van der Waals surface area (Å²) in [6.45, 7) is 3.14. The number of nitrogens with one attached hydrogen (secondary N) is 2. The molecule has 5 heteroatoms. The van der Waals surface area contributed by atoms with Crippen LogP contribution in [0.5, 0.6) is 0 Å². The van der Waals surface area contributed by atoms with Crippen molar-refractivity contribution in [1.82, 2.24) is 5.32 Å². The first kappa shape index (κ1) is 14.8. The minimum absolute atomic E-state index is 0.349. The highest BCUT2D eigenvalue weighted by molar-refractivity contribution is 5.96. The Morgan fingerprint density at radius 2 is 1.67 bits per heavy atom. The molecular weight excluding hydrogens is 268 g/mol. The van der Waals surface area contributed by atoms with Crippen LogP contribution in [-0.2, 0) is 9.59 Å². The quantitative estimate of drug-likeness (QED) is 0.787. The van der Waals surface area contributed by atoms with E-state index in [0.29, 0.717) is 0 Å². The molecule has 2 atom stereocenters. The lowest BCUT2D eigenvalue weighted by atomic mass is 10.1. The van der Waals surface area contributed by atoms with Gasteiger partial charge in [0.05, 0.1) is 0 Å². The fourth-order valence-corrected chi connectivity index (χ4v) is 2.05. The van der Waals surface area contributed by atoms with Crippen molar-refractivity contribution in [3.8, 4) is 0 Å². The molecule has 2 rings (SSSR count). The number of carbonyl (C=O) groups excluding carboxylic acids is 1. The first-order valence-corrected chi connectivity index (χ1v) is 6.76. The molecule has 0 radical (unpaired) electrons. The maximum Gasteiger partial charge on any atom is 0.325 e. The second-order valence-corrected chi connectivity index (χ2v) is 4.96. The number of hydrogen-bond acceptors (Lipinski definition) is 3. The number of rotatable bonds is 5. The molecule has 0 heterocycles. The van der Waals surface area contributed by atoms with E-state index in [2.05, 4.69) is 10.6 Å². The van der Waals surface area contributed by atoms with Crippen LogP contribution in [0.3, 0.4) is 0 Å². The van der Waals surface area contributed by atoms with Crippen LogP contribution in [-0.4, -0.2) is 29.1 Å². The summed E-state index contributed by atoms with van der Waals surface area (Å²) < 4.78 is 0. The van der Waals surface area contributed by atoms with Crippen LogP contribution in [0.25, 0.3) is 10.8 Å². The van der Waals surface area contributed by atoms with Gasteiger partial charge in [0.1, 0.15) is 12.1 Å². The standard InChI is InChI=1S/C16H18N2O3/c1-10(15(19)18-11(2)16(20)21)17-14-9-5-7-12-6-3-4-8-13(12)14/h3-11,17H,1-2H3,(H,18,19)(H,20,21)/t10-,11-/m0/s1. The normalized spacial score (nSPS) is 13.4. The van der Waals surface area contributed by atoms with E-state index in [0.717, 1.165) is 16.5 Å². The van der Waals surface area contributed by atoms with Gasteiger partial charge in [-0.25, -0.2) is 0 Å². The van der Waals surface area contributed by atoms with Crippen LogP contribution in [0.15, 0.2) is 42.5 Å². The number of hydrogen-bond donors (Lipinski definition) is 3. The van der Waals surface area contributed by atoms with E-state index in [-0.39, 0.29) is 5.91 Å². The van der Waals surface area contributed by atoms with Crippen molar-refractivity contribution in [3.05, 3.63) is 42.5 Å². The number of carbonyl (C=O) groups is 2. The van der Waals surface area contributed by atoms with Crippen LogP contribution >= 0.6 is 0 Å². The van der Waals surface area contributed by atoms with E-state index in [1.807, 2.05) is 42.5 Å². The van der Waals surface area contributed by atoms with Crippen molar-refractivity contribution >= 4 is 28.3 Å². The van der Waals surface area contributed by atoms with Crippen LogP contribution in [0.4, 0.5) is 5.69 Å². The van der Waals surface area contributed by atoms with E-state index < -0.39 is 18.1 Å². The monoisotopic (exact) mass is 286 g/mol. The summed E-state index contributed by atoms with van der Waals surface area (Å²) in [4.78, 5) is 22.7. The Kier molecular flexibility index (Phi) is 4.42. The lowest BCUT2D eigenvalue weighted by Crippen LogP contribution is -2.45. The zero-order valence-electron chi connectivity index (χ0n) is 12.0. The molecule has 0 aliphatic rings. The van der Waals surface area contributed by atoms with Crippen molar-refractivity contribution in [2.24, 2.45) is 0 Å². The third-order valence-corrected chi connectivity index (χ3v) is 3.28. The summed E-state index contributed by atoms with van der Waals surface area (Å²) in [6, 6.07) is 12.2. The SMILES string of the molecule is C[C@H](NC(=O)[C@H](C)Nc1cccc2ccccc12)C(=O)O. The Labute approximate surface area is 123 Å². The van der Waals surface area contributed by atoms with Gasteiger partial charge in [0.2, 0.25) is 5.91 Å². The molecule has 5 nitrogen and oxygen atoms in total. The minimum Gasteiger partial charge on any atom is -0.480 e. The highest BCUT2D eigenvalue weighted by Gasteiger charge is 2.19. The molecule has 0 aromatic heterocycles. The average Bonchev–Trinajstić information content (AvgIpc) is 2.47. The third kappa shape index (κ3) is 3.51. The average molecular weight is 286 g/mol. The summed E-state index contributed by atoms with van der Waals surface area (Å²) in [5, 5.41) is 16.5. The van der Waals surface area contributed by atoms with Gasteiger partial charge in [0.15, 0.2) is 0 Å². The van der Waals surface area contributed by atoms with Crippen LogP contribution in [0, 0.1) is 0 Å². The molecule has 21 heavy (non-hydrogen) atoms. The first-order chi connectivity index (χ1) is 9.99. The smallest absolute Gasteiger partial charge is 0.325 e. The predicted molar refractivity (Wildman–Crippen MR) is 82.3 cm³/mol. The van der Waals surface area contributed by atoms with E-state index in [1.54, 1.807) is 6.92 Å². The summed E-state index contributed by atoms with van der Waals surface area (Å²) in [7, 11) is 0. The number of aliphatic carboxylic acids is 1. The fourth-order valence-electron chi connectivity index (χ4n) is 2.05. The Hall–Kier alpha value is -2.56. The molecule has 0 aliphatic heterocycles. The van der Waals surface area contributed by atoms with Crippen molar-refractivity contribution in [3.63, 3.8) is 0 Å². The summed E-state index contributed by atoms with van der Waals surface area (Å²) in [6.07, 6.45) is 0. The number of fused-ring (bicyclic) bond motifs is 1. The lowest BCUT2D eigenvalue weighted by Gasteiger charge is -2.18. The van der Waals surface area contributed by atoms with Gasteiger partial charge in [-0.3, -0.25) is 9.59 Å². The van der Waals surface area contributed by atoms with Crippen molar-refractivity contribution in [2.75, 3.05) is 5.32 Å². The maximum atomic E-state index is 12.0. The molecule has 0 unspecified atom stereocenters. The van der Waals surface area contributed by atoms with Gasteiger partial charge in [-0.2, -0.15) is 0 Å². The van der Waals surface area contributed by atoms with Crippen LogP contribution in [0.1, 0.15) is 13.8 Å². The van der Waals surface area contributed by atoms with Crippen LogP contribution in [0.2, 0.25) is 0 Å². The van der Waals surface area contributed by atoms with Crippen LogP contribution < -0.4 is 10.6 Å². The van der Waals surface area contributed by atoms with Gasteiger partial charge in [0, 0.05) is 11.1 Å². The van der Waals surface area contributed by atoms with Crippen molar-refractivity contribution < 1.29 is 14.7 Å². The van der Waals surface area contributed by atoms with E-state index in [4.69, 9.17) is 5.11 Å². The van der Waals surface area contributed by atoms with Gasteiger partial charge in [-0.05, 0) is 25.3 Å². The molecule has 0 fully saturated rings. The molecule has 3 N–H and O–H groups in total. The predicted octanol–water partition coefficient (Wildman–Crippen LogP) is 2.23. The topological polar surface area (TPSA) is 78.4 Å². The van der Waals surface area contributed by atoms with Crippen molar-refractivity contribution in [2.45, 2.75) is 25.9 Å². The second kappa shape index (κ2) is 6.26. The third-order valence-electron chi connectivity index (χ3n) is 3.28. The van der Waals surface area contributed by atoms with Crippen molar-refractivity contribution in [1.29, 1.82) is 0 Å². The molecule has 2 aromatic rings. The molecule has 0 saturated heterocycles. The molecule has 0 bridgehead atoms. The summed E-state index contributed by atoms with van der Waals surface area (Å²) >= 11 is 0. The number of carboxylic acids is 1. The van der Waals surface area contributed by atoms with E-state index in [9.17, 15) is 9.59 Å². The Bertz CT molecular complexity index is 664. The largest absolute Gasteiger partial charge is 0.480 e. The zero-order valence-corrected chi connectivity index (χ0v) is 12.0. The number of benzene rings is 2. The molecular formula is C16H18N2O3. The van der Waals surface area contributed by atoms with E-state index in [1.165, 1.54) is 6.92 Å². The second-order valence-electron chi connectivity index (χ2n) is 4.96. The molecule has 0 aliphatic carbocycles. The fraction of sp³-hybridized carbons (Fsp3) is 0.250. The van der Waals surface area contributed by atoms with Gasteiger partial charge in [0.25, 0.3) is 0 Å². The summed E-state index contributed by atoms with van der Waals surface area (Å²) in [5.74, 6) is -1.40. The lowest BCUT2D eigenvalue weighted by molar-refractivity contribution is -0.141. The molecule has 2 aromatic carbocycles. The zero-order chi connectivity index (χ0) is 15.4. The number of anilines is 1. The minimum atomic E-state index is -1.05. The highest BCUT2D eigenvalue weighted by atomic mass is 16.4. The number of amides is 1.